The Bertz CT molecular complexity index is 492. The van der Waals surface area contributed by atoms with Gasteiger partial charge in [0.25, 0.3) is 5.91 Å². The van der Waals surface area contributed by atoms with E-state index >= 15 is 0 Å². The molecular weight excluding hydrogens is 256 g/mol. The Hall–Kier alpha value is -1.84. The van der Waals surface area contributed by atoms with Crippen LogP contribution < -0.4 is 5.32 Å². The lowest BCUT2D eigenvalue weighted by Gasteiger charge is -2.31. The maximum absolute atomic E-state index is 11.8. The van der Waals surface area contributed by atoms with Gasteiger partial charge in [-0.25, -0.2) is 0 Å². The van der Waals surface area contributed by atoms with Crippen molar-refractivity contribution in [3.63, 3.8) is 0 Å². The van der Waals surface area contributed by atoms with Crippen molar-refractivity contribution in [2.45, 2.75) is 12.8 Å². The normalized spacial score (nSPS) is 19.5. The van der Waals surface area contributed by atoms with Crippen LogP contribution in [0.5, 0.6) is 0 Å². The van der Waals surface area contributed by atoms with Gasteiger partial charge in [0.2, 0.25) is 0 Å². The fourth-order valence-electron chi connectivity index (χ4n) is 2.52. The zero-order valence-electron chi connectivity index (χ0n) is 11.4. The molecule has 0 aliphatic carbocycles. The first-order chi connectivity index (χ1) is 9.72. The highest BCUT2D eigenvalue weighted by Gasteiger charge is 2.18. The van der Waals surface area contributed by atoms with Crippen molar-refractivity contribution >= 4 is 5.91 Å². The molecule has 6 nitrogen and oxygen atoms in total. The SMILES string of the molecule is N#Cc1c[nH]c(C(=O)NCCN2CCCC(CO)C2)c1. The van der Waals surface area contributed by atoms with Crippen LogP contribution in [0.15, 0.2) is 12.3 Å². The molecule has 1 aromatic rings. The molecule has 2 rings (SSSR count). The van der Waals surface area contributed by atoms with Crippen molar-refractivity contribution in [3.8, 4) is 6.07 Å². The van der Waals surface area contributed by atoms with Gasteiger partial charge < -0.3 is 20.3 Å². The number of nitriles is 1. The number of nitrogens with one attached hydrogen (secondary N) is 2. The fourth-order valence-corrected chi connectivity index (χ4v) is 2.52. The van der Waals surface area contributed by atoms with Gasteiger partial charge in [0.15, 0.2) is 0 Å². The lowest BCUT2D eigenvalue weighted by atomic mass is 9.99. The molecule has 2 heterocycles. The molecule has 0 bridgehead atoms. The molecule has 1 unspecified atom stereocenters. The predicted octanol–water partition coefficient (Wildman–Crippen LogP) is 0.320. The van der Waals surface area contributed by atoms with E-state index in [1.54, 1.807) is 0 Å². The summed E-state index contributed by atoms with van der Waals surface area (Å²) in [5.41, 5.74) is 0.866. The summed E-state index contributed by atoms with van der Waals surface area (Å²) >= 11 is 0. The minimum Gasteiger partial charge on any atom is -0.396 e. The third-order valence-electron chi connectivity index (χ3n) is 3.63. The van der Waals surface area contributed by atoms with Crippen molar-refractivity contribution in [3.05, 3.63) is 23.5 Å². The number of aromatic nitrogens is 1. The van der Waals surface area contributed by atoms with Gasteiger partial charge in [-0.15, -0.1) is 0 Å². The monoisotopic (exact) mass is 276 g/mol. The molecule has 108 valence electrons. The molecule has 1 saturated heterocycles. The van der Waals surface area contributed by atoms with E-state index in [2.05, 4.69) is 15.2 Å². The van der Waals surface area contributed by atoms with Crippen molar-refractivity contribution in [1.82, 2.24) is 15.2 Å². The molecule has 1 fully saturated rings. The molecule has 6 heteroatoms. The lowest BCUT2D eigenvalue weighted by Crippen LogP contribution is -2.41. The van der Waals surface area contributed by atoms with E-state index in [0.29, 0.717) is 23.7 Å². The van der Waals surface area contributed by atoms with E-state index in [0.717, 1.165) is 32.5 Å². The number of carbonyl (C=O) groups is 1. The van der Waals surface area contributed by atoms with Crippen LogP contribution in [0.3, 0.4) is 0 Å². The number of rotatable bonds is 5. The van der Waals surface area contributed by atoms with Crippen LogP contribution in [0.4, 0.5) is 0 Å². The number of aliphatic hydroxyl groups excluding tert-OH is 1. The summed E-state index contributed by atoms with van der Waals surface area (Å²) in [5.74, 6) is 0.170. The van der Waals surface area contributed by atoms with Gasteiger partial charge in [-0.1, -0.05) is 0 Å². The van der Waals surface area contributed by atoms with E-state index in [1.165, 1.54) is 12.3 Å². The Labute approximate surface area is 118 Å². The first kappa shape index (κ1) is 14.6. The summed E-state index contributed by atoms with van der Waals surface area (Å²) in [4.78, 5) is 16.9. The minimum absolute atomic E-state index is 0.192. The number of hydrogen-bond donors (Lipinski definition) is 3. The Morgan fingerprint density at radius 1 is 1.65 bits per heavy atom. The maximum Gasteiger partial charge on any atom is 0.267 e. The van der Waals surface area contributed by atoms with Crippen LogP contribution in [0.25, 0.3) is 0 Å². The second-order valence-corrected chi connectivity index (χ2v) is 5.16. The molecular formula is C14H20N4O2. The van der Waals surface area contributed by atoms with Gasteiger partial charge in [0.1, 0.15) is 11.8 Å². The van der Waals surface area contributed by atoms with Gasteiger partial charge >= 0.3 is 0 Å². The van der Waals surface area contributed by atoms with E-state index in [4.69, 9.17) is 10.4 Å². The fraction of sp³-hybridized carbons (Fsp3) is 0.571. The van der Waals surface area contributed by atoms with Crippen molar-refractivity contribution in [2.75, 3.05) is 32.8 Å². The summed E-state index contributed by atoms with van der Waals surface area (Å²) in [6.45, 7) is 3.51. The number of hydrogen-bond acceptors (Lipinski definition) is 4. The Balaban J connectivity index is 1.72. The zero-order chi connectivity index (χ0) is 14.4. The highest BCUT2D eigenvalue weighted by atomic mass is 16.3. The Morgan fingerprint density at radius 2 is 2.50 bits per heavy atom. The second-order valence-electron chi connectivity index (χ2n) is 5.16. The van der Waals surface area contributed by atoms with Gasteiger partial charge in [0.05, 0.1) is 5.56 Å². The molecule has 1 atom stereocenters. The smallest absolute Gasteiger partial charge is 0.267 e. The molecule has 0 aromatic carbocycles. The van der Waals surface area contributed by atoms with Gasteiger partial charge in [-0.3, -0.25) is 4.79 Å². The molecule has 1 aliphatic rings. The van der Waals surface area contributed by atoms with Crippen LogP contribution >= 0.6 is 0 Å². The molecule has 1 aliphatic heterocycles. The third-order valence-corrected chi connectivity index (χ3v) is 3.63. The summed E-state index contributed by atoms with van der Waals surface area (Å²) in [5, 5.41) is 20.7. The summed E-state index contributed by atoms with van der Waals surface area (Å²) in [7, 11) is 0. The molecule has 1 aromatic heterocycles. The Kier molecular flexibility index (Phi) is 5.16. The molecule has 20 heavy (non-hydrogen) atoms. The third kappa shape index (κ3) is 3.83. The largest absolute Gasteiger partial charge is 0.396 e. The van der Waals surface area contributed by atoms with E-state index in [1.807, 2.05) is 6.07 Å². The summed E-state index contributed by atoms with van der Waals surface area (Å²) in [6, 6.07) is 3.52. The number of aliphatic hydroxyl groups is 1. The number of amides is 1. The van der Waals surface area contributed by atoms with Crippen LogP contribution in [0.1, 0.15) is 28.9 Å². The van der Waals surface area contributed by atoms with Crippen LogP contribution in [-0.2, 0) is 0 Å². The standard InChI is InChI=1S/C14H20N4O2/c15-7-12-6-13(17-8-12)14(20)16-3-5-18-4-1-2-11(9-18)10-19/h6,8,11,17,19H,1-5,9-10H2,(H,16,20). The number of likely N-dealkylation sites (tertiary alicyclic amines) is 1. The lowest BCUT2D eigenvalue weighted by molar-refractivity contribution is 0.0926. The highest BCUT2D eigenvalue weighted by Crippen LogP contribution is 2.14. The van der Waals surface area contributed by atoms with Gasteiger partial charge in [-0.05, 0) is 31.4 Å². The first-order valence-corrected chi connectivity index (χ1v) is 6.93. The number of piperidine rings is 1. The average molecular weight is 276 g/mol. The molecule has 3 N–H and O–H groups in total. The average Bonchev–Trinajstić information content (AvgIpc) is 2.96. The van der Waals surface area contributed by atoms with E-state index in [9.17, 15) is 4.79 Å². The Morgan fingerprint density at radius 3 is 3.20 bits per heavy atom. The number of carbonyl (C=O) groups excluding carboxylic acids is 1. The first-order valence-electron chi connectivity index (χ1n) is 6.93. The maximum atomic E-state index is 11.8. The second kappa shape index (κ2) is 7.08. The zero-order valence-corrected chi connectivity index (χ0v) is 11.4. The molecule has 0 spiro atoms. The molecule has 1 amide bonds. The summed E-state index contributed by atoms with van der Waals surface area (Å²) < 4.78 is 0. The summed E-state index contributed by atoms with van der Waals surface area (Å²) in [6.07, 6.45) is 3.70. The molecule has 0 radical (unpaired) electrons. The number of H-pyrrole nitrogens is 1. The number of aromatic amines is 1. The minimum atomic E-state index is -0.192. The quantitative estimate of drug-likeness (QED) is 0.722. The van der Waals surface area contributed by atoms with Crippen LogP contribution in [0, 0.1) is 17.2 Å². The van der Waals surface area contributed by atoms with Crippen molar-refractivity contribution in [2.24, 2.45) is 5.92 Å². The number of nitrogens with zero attached hydrogens (tertiary/aromatic N) is 2. The van der Waals surface area contributed by atoms with Crippen molar-refractivity contribution in [1.29, 1.82) is 5.26 Å². The van der Waals surface area contributed by atoms with Crippen molar-refractivity contribution < 1.29 is 9.90 Å². The highest BCUT2D eigenvalue weighted by molar-refractivity contribution is 5.92. The van der Waals surface area contributed by atoms with E-state index in [-0.39, 0.29) is 12.5 Å². The topological polar surface area (TPSA) is 92.1 Å². The van der Waals surface area contributed by atoms with Gasteiger partial charge in [0, 0.05) is 32.4 Å². The van der Waals surface area contributed by atoms with Crippen LogP contribution in [-0.4, -0.2) is 53.7 Å². The predicted molar refractivity (Wildman–Crippen MR) is 74.1 cm³/mol. The van der Waals surface area contributed by atoms with Crippen LogP contribution in [0.2, 0.25) is 0 Å². The molecule has 0 saturated carbocycles. The van der Waals surface area contributed by atoms with Gasteiger partial charge in [-0.2, -0.15) is 5.26 Å². The van der Waals surface area contributed by atoms with E-state index < -0.39 is 0 Å².